The summed E-state index contributed by atoms with van der Waals surface area (Å²) < 4.78 is 7.13. The summed E-state index contributed by atoms with van der Waals surface area (Å²) in [4.78, 5) is 12.3. The van der Waals surface area contributed by atoms with Gasteiger partial charge < -0.3 is 4.74 Å². The molecular formula is C12H19N3O2. The Hall–Kier alpha value is -1.23. The fraction of sp³-hybridized carbons (Fsp3) is 0.750. The number of ketones is 1. The van der Waals surface area contributed by atoms with Gasteiger partial charge in [0.2, 0.25) is 0 Å². The third-order valence-corrected chi connectivity index (χ3v) is 3.55. The number of hydrogen-bond donors (Lipinski definition) is 0. The van der Waals surface area contributed by atoms with Crippen LogP contribution in [0.5, 0.6) is 0 Å². The number of carbonyl (C=O) groups is 1. The van der Waals surface area contributed by atoms with E-state index in [4.69, 9.17) is 4.74 Å². The lowest BCUT2D eigenvalue weighted by atomic mass is 9.80. The van der Waals surface area contributed by atoms with Gasteiger partial charge in [-0.1, -0.05) is 24.5 Å². The number of aromatic nitrogens is 3. The highest BCUT2D eigenvalue weighted by Crippen LogP contribution is 2.32. The van der Waals surface area contributed by atoms with Gasteiger partial charge in [-0.15, -0.1) is 5.10 Å². The van der Waals surface area contributed by atoms with E-state index in [1.54, 1.807) is 25.0 Å². The molecular weight excluding hydrogens is 218 g/mol. The van der Waals surface area contributed by atoms with Crippen LogP contribution in [0.3, 0.4) is 0 Å². The van der Waals surface area contributed by atoms with Gasteiger partial charge in [0, 0.05) is 20.4 Å². The van der Waals surface area contributed by atoms with Crippen LogP contribution in [-0.2, 0) is 23.0 Å². The topological polar surface area (TPSA) is 57.0 Å². The predicted octanol–water partition coefficient (Wildman–Crippen LogP) is 1.28. The number of ether oxygens (including phenoxy) is 1. The first-order valence-corrected chi connectivity index (χ1v) is 6.10. The third-order valence-electron chi connectivity index (χ3n) is 3.55. The maximum absolute atomic E-state index is 12.3. The molecule has 17 heavy (non-hydrogen) atoms. The van der Waals surface area contributed by atoms with Crippen LogP contribution in [0.4, 0.5) is 0 Å². The van der Waals surface area contributed by atoms with E-state index in [-0.39, 0.29) is 5.78 Å². The molecule has 1 aliphatic rings. The molecule has 1 aliphatic carbocycles. The normalized spacial score (nSPS) is 19.2. The minimum atomic E-state index is -0.574. The standard InChI is InChI=1S/C12H19N3O2/c1-15-9-10(13-14-15)8-11(16)12(17-2)6-4-3-5-7-12/h9H,3-8H2,1-2H3. The molecule has 0 bridgehead atoms. The van der Waals surface area contributed by atoms with Crippen molar-refractivity contribution in [3.05, 3.63) is 11.9 Å². The van der Waals surface area contributed by atoms with E-state index in [1.807, 2.05) is 0 Å². The van der Waals surface area contributed by atoms with E-state index in [0.29, 0.717) is 6.42 Å². The highest BCUT2D eigenvalue weighted by Gasteiger charge is 2.39. The molecule has 0 atom stereocenters. The molecule has 0 amide bonds. The van der Waals surface area contributed by atoms with Crippen molar-refractivity contribution in [3.8, 4) is 0 Å². The zero-order valence-electron chi connectivity index (χ0n) is 10.5. The van der Waals surface area contributed by atoms with E-state index in [0.717, 1.165) is 31.4 Å². The fourth-order valence-corrected chi connectivity index (χ4v) is 2.52. The zero-order chi connectivity index (χ0) is 12.3. The molecule has 0 saturated heterocycles. The van der Waals surface area contributed by atoms with Crippen LogP contribution in [0.25, 0.3) is 0 Å². The predicted molar refractivity (Wildman–Crippen MR) is 62.5 cm³/mol. The second-order valence-electron chi connectivity index (χ2n) is 4.74. The molecule has 2 rings (SSSR count). The van der Waals surface area contributed by atoms with Crippen LogP contribution in [0.15, 0.2) is 6.20 Å². The van der Waals surface area contributed by atoms with Crippen LogP contribution in [0.1, 0.15) is 37.8 Å². The largest absolute Gasteiger partial charge is 0.370 e. The number of hydrogen-bond acceptors (Lipinski definition) is 4. The van der Waals surface area contributed by atoms with E-state index >= 15 is 0 Å². The average Bonchev–Trinajstić information content (AvgIpc) is 2.75. The molecule has 0 aliphatic heterocycles. The van der Waals surface area contributed by atoms with Crippen LogP contribution in [0.2, 0.25) is 0 Å². The maximum atomic E-state index is 12.3. The second-order valence-corrected chi connectivity index (χ2v) is 4.74. The van der Waals surface area contributed by atoms with Crippen LogP contribution < -0.4 is 0 Å². The molecule has 0 spiro atoms. The van der Waals surface area contributed by atoms with Crippen LogP contribution in [0, 0.1) is 0 Å². The second kappa shape index (κ2) is 4.96. The summed E-state index contributed by atoms with van der Waals surface area (Å²) in [7, 11) is 3.44. The molecule has 5 heteroatoms. The van der Waals surface area contributed by atoms with Crippen molar-refractivity contribution in [1.82, 2.24) is 15.0 Å². The Bertz CT molecular complexity index is 394. The molecule has 5 nitrogen and oxygen atoms in total. The average molecular weight is 237 g/mol. The van der Waals surface area contributed by atoms with Crippen molar-refractivity contribution in [2.24, 2.45) is 7.05 Å². The number of carbonyl (C=O) groups excluding carboxylic acids is 1. The maximum Gasteiger partial charge on any atom is 0.170 e. The number of methoxy groups -OCH3 is 1. The first-order chi connectivity index (χ1) is 8.16. The van der Waals surface area contributed by atoms with Gasteiger partial charge in [0.25, 0.3) is 0 Å². The number of Topliss-reactive ketones (excluding diaryl/α,β-unsaturated/α-hetero) is 1. The Labute approximate surface area is 101 Å². The first-order valence-electron chi connectivity index (χ1n) is 6.10. The van der Waals surface area contributed by atoms with Crippen molar-refractivity contribution in [1.29, 1.82) is 0 Å². The van der Waals surface area contributed by atoms with Gasteiger partial charge in [0.05, 0.1) is 12.1 Å². The Balaban J connectivity index is 2.07. The minimum Gasteiger partial charge on any atom is -0.370 e. The molecule has 1 fully saturated rings. The lowest BCUT2D eigenvalue weighted by Gasteiger charge is -2.34. The summed E-state index contributed by atoms with van der Waals surface area (Å²) in [6, 6.07) is 0. The van der Waals surface area contributed by atoms with Gasteiger partial charge in [-0.05, 0) is 12.8 Å². The summed E-state index contributed by atoms with van der Waals surface area (Å²) in [5.41, 5.74) is 0.148. The quantitative estimate of drug-likeness (QED) is 0.791. The minimum absolute atomic E-state index is 0.139. The molecule has 1 aromatic heterocycles. The Morgan fingerprint density at radius 2 is 2.18 bits per heavy atom. The molecule has 0 aromatic carbocycles. The van der Waals surface area contributed by atoms with Crippen molar-refractivity contribution in [2.75, 3.05) is 7.11 Å². The van der Waals surface area contributed by atoms with Gasteiger partial charge in [-0.3, -0.25) is 9.48 Å². The number of nitrogens with zero attached hydrogens (tertiary/aromatic N) is 3. The van der Waals surface area contributed by atoms with Crippen molar-refractivity contribution in [3.63, 3.8) is 0 Å². The molecule has 0 N–H and O–H groups in total. The van der Waals surface area contributed by atoms with Crippen LogP contribution >= 0.6 is 0 Å². The van der Waals surface area contributed by atoms with Gasteiger partial charge in [-0.2, -0.15) is 0 Å². The van der Waals surface area contributed by atoms with Gasteiger partial charge in [0.1, 0.15) is 5.60 Å². The number of rotatable bonds is 4. The van der Waals surface area contributed by atoms with Gasteiger partial charge in [0.15, 0.2) is 5.78 Å². The highest BCUT2D eigenvalue weighted by molar-refractivity contribution is 5.89. The molecule has 0 unspecified atom stereocenters. The molecule has 94 valence electrons. The Morgan fingerprint density at radius 1 is 1.47 bits per heavy atom. The molecule has 1 heterocycles. The molecule has 1 saturated carbocycles. The lowest BCUT2D eigenvalue weighted by molar-refractivity contribution is -0.144. The SMILES string of the molecule is COC1(C(=O)Cc2cn(C)nn2)CCCCC1. The summed E-state index contributed by atoms with van der Waals surface area (Å²) >= 11 is 0. The van der Waals surface area contributed by atoms with Crippen molar-refractivity contribution < 1.29 is 9.53 Å². The van der Waals surface area contributed by atoms with Crippen molar-refractivity contribution >= 4 is 5.78 Å². The van der Waals surface area contributed by atoms with Crippen molar-refractivity contribution in [2.45, 2.75) is 44.1 Å². The zero-order valence-corrected chi connectivity index (χ0v) is 10.5. The summed E-state index contributed by atoms with van der Waals surface area (Å²) in [6.07, 6.45) is 7.11. The van der Waals surface area contributed by atoms with E-state index < -0.39 is 5.60 Å². The third kappa shape index (κ3) is 2.54. The Kier molecular flexibility index (Phi) is 3.57. The van der Waals surface area contributed by atoms with Gasteiger partial charge >= 0.3 is 0 Å². The Morgan fingerprint density at radius 3 is 2.71 bits per heavy atom. The number of aryl methyl sites for hydroxylation is 1. The molecule has 0 radical (unpaired) electrons. The van der Waals surface area contributed by atoms with E-state index in [1.165, 1.54) is 6.42 Å². The highest BCUT2D eigenvalue weighted by atomic mass is 16.5. The smallest absolute Gasteiger partial charge is 0.170 e. The van der Waals surface area contributed by atoms with Crippen LogP contribution in [-0.4, -0.2) is 33.5 Å². The summed E-state index contributed by atoms with van der Waals surface area (Å²) in [5.74, 6) is 0.139. The monoisotopic (exact) mass is 237 g/mol. The van der Waals surface area contributed by atoms with E-state index in [9.17, 15) is 4.79 Å². The van der Waals surface area contributed by atoms with E-state index in [2.05, 4.69) is 10.3 Å². The summed E-state index contributed by atoms with van der Waals surface area (Å²) in [6.45, 7) is 0. The molecule has 1 aromatic rings. The fourth-order valence-electron chi connectivity index (χ4n) is 2.52. The summed E-state index contributed by atoms with van der Waals surface area (Å²) in [5, 5.41) is 7.79. The lowest BCUT2D eigenvalue weighted by Crippen LogP contribution is -2.43. The first kappa shape index (κ1) is 12.2. The van der Waals surface area contributed by atoms with Gasteiger partial charge in [-0.25, -0.2) is 0 Å².